The van der Waals surface area contributed by atoms with E-state index in [-0.39, 0.29) is 46.3 Å². The van der Waals surface area contributed by atoms with E-state index < -0.39 is 58.5 Å². The molecule has 0 saturated carbocycles. The molecule has 0 aliphatic carbocycles. The number of benzene rings is 3. The summed E-state index contributed by atoms with van der Waals surface area (Å²) < 4.78 is 130. The van der Waals surface area contributed by atoms with E-state index in [9.17, 15) is 49.1 Å². The van der Waals surface area contributed by atoms with Gasteiger partial charge in [0, 0.05) is 12.1 Å². The maximum atomic E-state index is 14.7. The van der Waals surface area contributed by atoms with Gasteiger partial charge in [-0.2, -0.15) is 35.1 Å². The quantitative estimate of drug-likeness (QED) is 0.230. The molecule has 0 spiro atoms. The van der Waals surface area contributed by atoms with Gasteiger partial charge in [-0.25, -0.2) is 4.39 Å². The standard InChI is InChI=1S/C27H19Cl2F9N2O4/c1-3-40(23(42)14-7-4-5-9-16(14)28)18-10-6-8-15(21(18)43-2)22(41)39-20-17(29)11-13(12-19(20)44-24(30)31)25(32,26(33,34)35)27(36,37)38/h4-12,24H,3H2,1-2H3,(H,39,41). The molecule has 6 nitrogen and oxygen atoms in total. The lowest BCUT2D eigenvalue weighted by Gasteiger charge is -2.31. The molecule has 238 valence electrons. The van der Waals surface area contributed by atoms with E-state index in [1.54, 1.807) is 19.1 Å². The molecule has 3 aromatic carbocycles. The largest absolute Gasteiger partial charge is 0.494 e. The van der Waals surface area contributed by atoms with Crippen LogP contribution in [-0.4, -0.2) is 44.4 Å². The third-order valence-electron chi connectivity index (χ3n) is 6.09. The van der Waals surface area contributed by atoms with Gasteiger partial charge in [-0.1, -0.05) is 41.4 Å². The van der Waals surface area contributed by atoms with E-state index in [0.717, 1.165) is 13.2 Å². The minimum Gasteiger partial charge on any atom is -0.494 e. The number of nitrogens with zero attached hydrogens (tertiary/aromatic N) is 1. The molecule has 0 aromatic heterocycles. The summed E-state index contributed by atoms with van der Waals surface area (Å²) in [6.07, 6.45) is -13.2. The molecule has 3 rings (SSSR count). The molecule has 0 bridgehead atoms. The number of anilines is 2. The first-order valence-electron chi connectivity index (χ1n) is 12.0. The molecule has 44 heavy (non-hydrogen) atoms. The second-order valence-corrected chi connectivity index (χ2v) is 9.52. The summed E-state index contributed by atoms with van der Waals surface area (Å²) in [4.78, 5) is 27.7. The molecule has 0 fully saturated rings. The predicted molar refractivity (Wildman–Crippen MR) is 143 cm³/mol. The summed E-state index contributed by atoms with van der Waals surface area (Å²) in [5.41, 5.74) is -9.55. The van der Waals surface area contributed by atoms with Crippen molar-refractivity contribution in [2.75, 3.05) is 23.9 Å². The number of carbonyl (C=O) groups excluding carboxylic acids is 2. The number of hydrogen-bond donors (Lipinski definition) is 1. The number of carbonyl (C=O) groups is 2. The second kappa shape index (κ2) is 13.0. The highest BCUT2D eigenvalue weighted by atomic mass is 35.5. The van der Waals surface area contributed by atoms with Gasteiger partial charge in [0.2, 0.25) is 0 Å². The van der Waals surface area contributed by atoms with Gasteiger partial charge < -0.3 is 19.7 Å². The third-order valence-corrected chi connectivity index (χ3v) is 6.71. The summed E-state index contributed by atoms with van der Waals surface area (Å²) in [5, 5.41) is 0.872. The first kappa shape index (κ1) is 34.6. The van der Waals surface area contributed by atoms with Gasteiger partial charge in [0.05, 0.1) is 34.0 Å². The number of nitrogens with one attached hydrogen (secondary N) is 1. The van der Waals surface area contributed by atoms with Crippen LogP contribution in [0.2, 0.25) is 10.0 Å². The van der Waals surface area contributed by atoms with E-state index in [4.69, 9.17) is 27.9 Å². The highest BCUT2D eigenvalue weighted by molar-refractivity contribution is 6.35. The molecular weight excluding hydrogens is 658 g/mol. The maximum absolute atomic E-state index is 14.7. The Morgan fingerprint density at radius 3 is 2.00 bits per heavy atom. The van der Waals surface area contributed by atoms with Crippen LogP contribution in [0.1, 0.15) is 33.2 Å². The van der Waals surface area contributed by atoms with E-state index in [2.05, 4.69) is 4.74 Å². The number of halogens is 11. The number of ether oxygens (including phenoxy) is 2. The second-order valence-electron chi connectivity index (χ2n) is 8.71. The van der Waals surface area contributed by atoms with Crippen molar-refractivity contribution in [2.45, 2.75) is 31.6 Å². The first-order chi connectivity index (χ1) is 20.4. The van der Waals surface area contributed by atoms with Crippen LogP contribution in [0.5, 0.6) is 11.5 Å². The van der Waals surface area contributed by atoms with Gasteiger partial charge >= 0.3 is 24.6 Å². The highest BCUT2D eigenvalue weighted by Gasteiger charge is 2.73. The molecule has 0 radical (unpaired) electrons. The van der Waals surface area contributed by atoms with Crippen molar-refractivity contribution in [2.24, 2.45) is 0 Å². The SMILES string of the molecule is CCN(C(=O)c1ccccc1Cl)c1cccc(C(=O)Nc2c(Cl)cc(C(F)(C(F)(F)F)C(F)(F)F)cc2OC(F)F)c1OC. The minimum absolute atomic E-state index is 0.0224. The molecule has 0 aliphatic heterocycles. The average molecular weight is 677 g/mol. The lowest BCUT2D eigenvalue weighted by molar-refractivity contribution is -0.348. The van der Waals surface area contributed by atoms with Crippen molar-refractivity contribution in [1.29, 1.82) is 0 Å². The van der Waals surface area contributed by atoms with Crippen LogP contribution < -0.4 is 19.7 Å². The topological polar surface area (TPSA) is 67.9 Å². The fourth-order valence-corrected chi connectivity index (χ4v) is 4.57. The van der Waals surface area contributed by atoms with E-state index >= 15 is 0 Å². The van der Waals surface area contributed by atoms with Gasteiger partial charge in [0.15, 0.2) is 11.5 Å². The van der Waals surface area contributed by atoms with Crippen LogP contribution in [0.3, 0.4) is 0 Å². The summed E-state index contributed by atoms with van der Waals surface area (Å²) in [6.45, 7) is -2.24. The highest BCUT2D eigenvalue weighted by Crippen LogP contribution is 2.55. The molecule has 0 aliphatic rings. The van der Waals surface area contributed by atoms with Crippen LogP contribution in [0.25, 0.3) is 0 Å². The van der Waals surface area contributed by atoms with Gasteiger partial charge in [-0.05, 0) is 43.3 Å². The van der Waals surface area contributed by atoms with Crippen LogP contribution in [0.15, 0.2) is 54.6 Å². The maximum Gasteiger partial charge on any atom is 0.435 e. The summed E-state index contributed by atoms with van der Waals surface area (Å²) in [7, 11) is 1.12. The van der Waals surface area contributed by atoms with Crippen molar-refractivity contribution in [3.05, 3.63) is 81.3 Å². The first-order valence-corrected chi connectivity index (χ1v) is 12.8. The van der Waals surface area contributed by atoms with E-state index in [1.165, 1.54) is 29.2 Å². The van der Waals surface area contributed by atoms with Crippen molar-refractivity contribution in [3.8, 4) is 11.5 Å². The summed E-state index contributed by atoms with van der Waals surface area (Å²) in [5.74, 6) is -3.61. The molecular formula is C27H19Cl2F9N2O4. The van der Waals surface area contributed by atoms with E-state index in [1.807, 2.05) is 5.32 Å². The van der Waals surface area contributed by atoms with Gasteiger partial charge in [-0.3, -0.25) is 9.59 Å². The Morgan fingerprint density at radius 1 is 0.886 bits per heavy atom. The fourth-order valence-electron chi connectivity index (χ4n) is 4.09. The lowest BCUT2D eigenvalue weighted by Crippen LogP contribution is -2.50. The Bertz CT molecular complexity index is 1530. The zero-order chi connectivity index (χ0) is 33.2. The van der Waals surface area contributed by atoms with Crippen molar-refractivity contribution >= 4 is 46.4 Å². The molecule has 2 amide bonds. The molecule has 0 heterocycles. The fraction of sp³-hybridized carbons (Fsp3) is 0.259. The number of amides is 2. The zero-order valence-corrected chi connectivity index (χ0v) is 23.7. The Morgan fingerprint density at radius 2 is 1.48 bits per heavy atom. The molecule has 3 aromatic rings. The molecule has 0 saturated heterocycles. The van der Waals surface area contributed by atoms with Gasteiger partial charge in [0.25, 0.3) is 11.8 Å². The molecule has 0 atom stereocenters. The lowest BCUT2D eigenvalue weighted by atomic mass is 9.93. The minimum atomic E-state index is -6.60. The van der Waals surface area contributed by atoms with Crippen LogP contribution >= 0.6 is 23.2 Å². The smallest absolute Gasteiger partial charge is 0.435 e. The summed E-state index contributed by atoms with van der Waals surface area (Å²) in [6, 6.07) is 9.43. The van der Waals surface area contributed by atoms with Crippen LogP contribution in [0, 0.1) is 0 Å². The van der Waals surface area contributed by atoms with Crippen molar-refractivity contribution < 1.29 is 58.6 Å². The Kier molecular flexibility index (Phi) is 10.3. The number of hydrogen-bond acceptors (Lipinski definition) is 4. The normalized spacial score (nSPS) is 12.2. The average Bonchev–Trinajstić information content (AvgIpc) is 2.93. The number of para-hydroxylation sites is 1. The predicted octanol–water partition coefficient (Wildman–Crippen LogP) is 8.81. The van der Waals surface area contributed by atoms with E-state index in [0.29, 0.717) is 0 Å². The summed E-state index contributed by atoms with van der Waals surface area (Å²) >= 11 is 12.0. The molecule has 1 N–H and O–H groups in total. The Balaban J connectivity index is 2.12. The molecule has 0 unspecified atom stereocenters. The van der Waals surface area contributed by atoms with Crippen LogP contribution in [0.4, 0.5) is 50.9 Å². The van der Waals surface area contributed by atoms with Crippen molar-refractivity contribution in [1.82, 2.24) is 0 Å². The van der Waals surface area contributed by atoms with Crippen molar-refractivity contribution in [3.63, 3.8) is 0 Å². The van der Waals surface area contributed by atoms with Crippen LogP contribution in [-0.2, 0) is 5.67 Å². The number of alkyl halides is 9. The van der Waals surface area contributed by atoms with Gasteiger partial charge in [-0.15, -0.1) is 0 Å². The number of rotatable bonds is 9. The Labute approximate surface area is 253 Å². The third kappa shape index (κ3) is 6.62. The Hall–Kier alpha value is -3.85. The van der Waals surface area contributed by atoms with Gasteiger partial charge in [0.1, 0.15) is 5.69 Å². The molecule has 17 heteroatoms. The zero-order valence-electron chi connectivity index (χ0n) is 22.2. The monoisotopic (exact) mass is 676 g/mol. The number of methoxy groups -OCH3 is 1.